The summed E-state index contributed by atoms with van der Waals surface area (Å²) in [6, 6.07) is 9.59. The highest BCUT2D eigenvalue weighted by Gasteiger charge is 2.08. The van der Waals surface area contributed by atoms with Crippen LogP contribution in [-0.4, -0.2) is 35.8 Å². The van der Waals surface area contributed by atoms with Crippen molar-refractivity contribution in [2.75, 3.05) is 25.1 Å². The molecule has 0 aliphatic carbocycles. The van der Waals surface area contributed by atoms with E-state index in [2.05, 4.69) is 17.2 Å². The second kappa shape index (κ2) is 9.10. The molecule has 0 radical (unpaired) electrons. The van der Waals surface area contributed by atoms with E-state index in [0.29, 0.717) is 5.69 Å². The summed E-state index contributed by atoms with van der Waals surface area (Å²) in [5, 5.41) is 13.4. The Morgan fingerprint density at radius 3 is 2.83 bits per heavy atom. The summed E-state index contributed by atoms with van der Waals surface area (Å²) >= 11 is 0. The largest absolute Gasteiger partial charge is 0.481 e. The van der Waals surface area contributed by atoms with Gasteiger partial charge < -0.3 is 15.2 Å². The quantitative estimate of drug-likeness (QED) is 0.657. The third-order valence-electron chi connectivity index (χ3n) is 3.52. The number of nitrogens with zero attached hydrogens (tertiary/aromatic N) is 1. The smallest absolute Gasteiger partial charge is 0.309 e. The minimum atomic E-state index is -0.872. The van der Waals surface area contributed by atoms with Crippen LogP contribution in [0.15, 0.2) is 30.3 Å². The molecule has 0 spiro atoms. The van der Waals surface area contributed by atoms with Crippen molar-refractivity contribution in [2.24, 2.45) is 0 Å². The third kappa shape index (κ3) is 5.53. The molecule has 124 valence electrons. The average Bonchev–Trinajstić information content (AvgIpc) is 2.53. The van der Waals surface area contributed by atoms with E-state index in [1.807, 2.05) is 30.3 Å². The van der Waals surface area contributed by atoms with Gasteiger partial charge in [-0.25, -0.2) is 0 Å². The van der Waals surface area contributed by atoms with Crippen LogP contribution in [0.25, 0.3) is 10.9 Å². The summed E-state index contributed by atoms with van der Waals surface area (Å²) in [4.78, 5) is 15.3. The van der Waals surface area contributed by atoms with Crippen molar-refractivity contribution in [1.82, 2.24) is 4.98 Å². The van der Waals surface area contributed by atoms with E-state index < -0.39 is 5.97 Å². The van der Waals surface area contributed by atoms with Gasteiger partial charge in [-0.05, 0) is 25.0 Å². The molecule has 0 aliphatic rings. The summed E-state index contributed by atoms with van der Waals surface area (Å²) in [5.41, 5.74) is 2.31. The average molecular weight is 316 g/mol. The van der Waals surface area contributed by atoms with Crippen LogP contribution < -0.4 is 5.32 Å². The van der Waals surface area contributed by atoms with Crippen molar-refractivity contribution >= 4 is 22.6 Å². The fraction of sp³-hybridized carbons (Fsp3) is 0.444. The van der Waals surface area contributed by atoms with Gasteiger partial charge in [-0.3, -0.25) is 9.78 Å². The van der Waals surface area contributed by atoms with Crippen LogP contribution in [0, 0.1) is 0 Å². The predicted molar refractivity (Wildman–Crippen MR) is 91.9 cm³/mol. The minimum absolute atomic E-state index is 0.0698. The summed E-state index contributed by atoms with van der Waals surface area (Å²) in [5.74, 6) is -0.872. The number of hydrogen-bond acceptors (Lipinski definition) is 4. The predicted octanol–water partition coefficient (Wildman–Crippen LogP) is 3.48. The number of hydrogen-bond donors (Lipinski definition) is 2. The molecule has 5 nitrogen and oxygen atoms in total. The van der Waals surface area contributed by atoms with Gasteiger partial charge in [0.05, 0.1) is 17.6 Å². The Morgan fingerprint density at radius 2 is 2.04 bits per heavy atom. The molecule has 1 aromatic heterocycles. The SMILES string of the molecule is CCCCOCCCNc1cc(CC(=O)O)nc2ccccc12. The monoisotopic (exact) mass is 316 g/mol. The van der Waals surface area contributed by atoms with Crippen molar-refractivity contribution in [3.8, 4) is 0 Å². The molecular weight excluding hydrogens is 292 g/mol. The third-order valence-corrected chi connectivity index (χ3v) is 3.52. The lowest BCUT2D eigenvalue weighted by molar-refractivity contribution is -0.136. The van der Waals surface area contributed by atoms with Gasteiger partial charge in [0.1, 0.15) is 0 Å². The molecule has 1 aromatic carbocycles. The van der Waals surface area contributed by atoms with Crippen molar-refractivity contribution in [3.05, 3.63) is 36.0 Å². The minimum Gasteiger partial charge on any atom is -0.481 e. The van der Waals surface area contributed by atoms with E-state index in [9.17, 15) is 4.79 Å². The van der Waals surface area contributed by atoms with Gasteiger partial charge in [0.25, 0.3) is 0 Å². The molecule has 2 aromatic rings. The standard InChI is InChI=1S/C18H24N2O3/c1-2-3-10-23-11-6-9-19-17-12-14(13-18(21)22)20-16-8-5-4-7-15(16)17/h4-5,7-8,12H,2-3,6,9-11,13H2,1H3,(H,19,20)(H,21,22). The van der Waals surface area contributed by atoms with Crippen LogP contribution in [0.3, 0.4) is 0 Å². The maximum atomic E-state index is 10.9. The van der Waals surface area contributed by atoms with E-state index in [4.69, 9.17) is 9.84 Å². The first-order valence-corrected chi connectivity index (χ1v) is 8.12. The second-order valence-corrected chi connectivity index (χ2v) is 5.50. The van der Waals surface area contributed by atoms with Crippen molar-refractivity contribution in [2.45, 2.75) is 32.6 Å². The normalized spacial score (nSPS) is 10.8. The number of carbonyl (C=O) groups is 1. The molecule has 5 heteroatoms. The topological polar surface area (TPSA) is 71.5 Å². The highest BCUT2D eigenvalue weighted by molar-refractivity contribution is 5.91. The van der Waals surface area contributed by atoms with Crippen LogP contribution in [0.5, 0.6) is 0 Å². The van der Waals surface area contributed by atoms with Gasteiger partial charge in [0.2, 0.25) is 0 Å². The Labute approximate surface area is 136 Å². The molecule has 0 amide bonds. The van der Waals surface area contributed by atoms with E-state index in [0.717, 1.165) is 55.6 Å². The fourth-order valence-electron chi connectivity index (χ4n) is 2.37. The summed E-state index contributed by atoms with van der Waals surface area (Å²) in [7, 11) is 0. The van der Waals surface area contributed by atoms with Gasteiger partial charge in [-0.1, -0.05) is 31.5 Å². The number of aromatic nitrogens is 1. The van der Waals surface area contributed by atoms with Crippen molar-refractivity contribution < 1.29 is 14.6 Å². The van der Waals surface area contributed by atoms with Crippen LogP contribution in [0.2, 0.25) is 0 Å². The zero-order chi connectivity index (χ0) is 16.5. The van der Waals surface area contributed by atoms with Gasteiger partial charge >= 0.3 is 5.97 Å². The van der Waals surface area contributed by atoms with Gasteiger partial charge in [-0.15, -0.1) is 0 Å². The van der Waals surface area contributed by atoms with E-state index >= 15 is 0 Å². The molecular formula is C18H24N2O3. The van der Waals surface area contributed by atoms with Gasteiger partial charge in [0.15, 0.2) is 0 Å². The number of fused-ring (bicyclic) bond motifs is 1. The number of rotatable bonds is 10. The molecule has 2 N–H and O–H groups in total. The fourth-order valence-corrected chi connectivity index (χ4v) is 2.37. The molecule has 0 unspecified atom stereocenters. The molecule has 0 fully saturated rings. The Bertz CT molecular complexity index is 643. The van der Waals surface area contributed by atoms with Gasteiger partial charge in [-0.2, -0.15) is 0 Å². The number of aliphatic carboxylic acids is 1. The highest BCUT2D eigenvalue weighted by Crippen LogP contribution is 2.23. The molecule has 0 bridgehead atoms. The zero-order valence-corrected chi connectivity index (χ0v) is 13.5. The number of pyridine rings is 1. The van der Waals surface area contributed by atoms with Crippen molar-refractivity contribution in [3.63, 3.8) is 0 Å². The number of nitrogens with one attached hydrogen (secondary N) is 1. The molecule has 2 rings (SSSR count). The van der Waals surface area contributed by atoms with Crippen LogP contribution in [0.1, 0.15) is 31.9 Å². The highest BCUT2D eigenvalue weighted by atomic mass is 16.5. The number of para-hydroxylation sites is 1. The Morgan fingerprint density at radius 1 is 1.26 bits per heavy atom. The van der Waals surface area contributed by atoms with Crippen LogP contribution in [-0.2, 0) is 16.0 Å². The second-order valence-electron chi connectivity index (χ2n) is 5.50. The number of carboxylic acids is 1. The van der Waals surface area contributed by atoms with E-state index in [-0.39, 0.29) is 6.42 Å². The molecule has 0 atom stereocenters. The maximum Gasteiger partial charge on any atom is 0.309 e. The molecule has 0 saturated heterocycles. The van der Waals surface area contributed by atoms with E-state index in [1.54, 1.807) is 0 Å². The lowest BCUT2D eigenvalue weighted by Gasteiger charge is -2.11. The first-order valence-electron chi connectivity index (χ1n) is 8.12. The molecule has 0 saturated carbocycles. The van der Waals surface area contributed by atoms with Gasteiger partial charge in [0, 0.05) is 30.8 Å². The number of ether oxygens (including phenoxy) is 1. The summed E-state index contributed by atoms with van der Waals surface area (Å²) < 4.78 is 5.55. The molecule has 23 heavy (non-hydrogen) atoms. The van der Waals surface area contributed by atoms with E-state index in [1.165, 1.54) is 0 Å². The number of carboxylic acid groups (broad SMARTS) is 1. The van der Waals surface area contributed by atoms with Crippen LogP contribution >= 0.6 is 0 Å². The van der Waals surface area contributed by atoms with Crippen LogP contribution in [0.4, 0.5) is 5.69 Å². The Kier molecular flexibility index (Phi) is 6.81. The number of anilines is 1. The van der Waals surface area contributed by atoms with Crippen molar-refractivity contribution in [1.29, 1.82) is 0 Å². The molecule has 1 heterocycles. The Hall–Kier alpha value is -2.14. The Balaban J connectivity index is 1.99. The molecule has 0 aliphatic heterocycles. The maximum absolute atomic E-state index is 10.9. The first-order chi connectivity index (χ1) is 11.2. The lowest BCUT2D eigenvalue weighted by atomic mass is 10.1. The number of benzene rings is 1. The number of unbranched alkanes of at least 4 members (excludes halogenated alkanes) is 1. The zero-order valence-electron chi connectivity index (χ0n) is 13.5. The summed E-state index contributed by atoms with van der Waals surface area (Å²) in [6.45, 7) is 4.48. The lowest BCUT2D eigenvalue weighted by Crippen LogP contribution is -2.08. The first kappa shape index (κ1) is 17.2. The summed E-state index contributed by atoms with van der Waals surface area (Å²) in [6.07, 6.45) is 3.09.